The fraction of sp³-hybridized carbons (Fsp3) is 0.220. The minimum absolute atomic E-state index is 0.0398. The summed E-state index contributed by atoms with van der Waals surface area (Å²) in [6.07, 6.45) is 3.27. The highest BCUT2D eigenvalue weighted by Gasteiger charge is 2.32. The molecule has 8 rings (SSSR count). The van der Waals surface area contributed by atoms with Crippen molar-refractivity contribution in [3.05, 3.63) is 124 Å². The number of imidazole rings is 1. The van der Waals surface area contributed by atoms with E-state index in [9.17, 15) is 19.5 Å². The number of H-pyrrole nitrogens is 1. The number of carboxylic acid groups (broad SMARTS) is 1. The summed E-state index contributed by atoms with van der Waals surface area (Å²) >= 11 is 12.7. The Morgan fingerprint density at radius 1 is 0.926 bits per heavy atom. The Morgan fingerprint density at radius 2 is 1.67 bits per heavy atom. The van der Waals surface area contributed by atoms with E-state index in [1.54, 1.807) is 30.6 Å². The summed E-state index contributed by atoms with van der Waals surface area (Å²) < 4.78 is 2.06. The summed E-state index contributed by atoms with van der Waals surface area (Å²) in [7, 11) is 0. The van der Waals surface area contributed by atoms with E-state index in [0.717, 1.165) is 35.0 Å². The molecule has 274 valence electrons. The first kappa shape index (κ1) is 35.3. The molecular weight excluding hydrogens is 725 g/mol. The highest BCUT2D eigenvalue weighted by atomic mass is 35.5. The summed E-state index contributed by atoms with van der Waals surface area (Å²) in [6.45, 7) is 4.64. The van der Waals surface area contributed by atoms with E-state index in [1.165, 1.54) is 6.07 Å². The molecule has 11 nitrogen and oxygen atoms in total. The van der Waals surface area contributed by atoms with Crippen LogP contribution in [0.3, 0.4) is 0 Å². The molecule has 4 N–H and O–H groups in total. The quantitative estimate of drug-likeness (QED) is 0.117. The summed E-state index contributed by atoms with van der Waals surface area (Å²) in [5, 5.41) is 17.8. The number of urea groups is 1. The standard InChI is InChI=1S/C41H37Cl2N7O4/c1-24(25-7-10-28(42)11-8-25)50-23-45-36(26-5-3-2-4-6-26)38(50)35-31-13-12-29(43)22-32(31)46-37(35)39(51)47-33-21-27(40(52)53)9-14-34(33)48-18-15-30(16-19-48)49-20-17-44-41(49)54/h2-14,21-24,30,46H,15-20H2,1H3,(H,44,54)(H,47,51)(H,52,53). The van der Waals surface area contributed by atoms with Gasteiger partial charge < -0.3 is 35.1 Å². The molecule has 2 fully saturated rings. The van der Waals surface area contributed by atoms with Gasteiger partial charge in [0, 0.05) is 64.3 Å². The largest absolute Gasteiger partial charge is 0.478 e. The monoisotopic (exact) mass is 761 g/mol. The highest BCUT2D eigenvalue weighted by Crippen LogP contribution is 2.42. The van der Waals surface area contributed by atoms with Crippen molar-refractivity contribution in [2.24, 2.45) is 0 Å². The maximum absolute atomic E-state index is 14.8. The van der Waals surface area contributed by atoms with Gasteiger partial charge in [-0.25, -0.2) is 14.6 Å². The molecule has 2 aliphatic rings. The van der Waals surface area contributed by atoms with Gasteiger partial charge in [0.05, 0.1) is 40.7 Å². The van der Waals surface area contributed by atoms with E-state index in [1.807, 2.05) is 65.6 Å². The molecule has 3 amide bonds. The van der Waals surface area contributed by atoms with Crippen molar-refractivity contribution in [3.63, 3.8) is 0 Å². The molecule has 1 atom stereocenters. The molecule has 13 heteroatoms. The summed E-state index contributed by atoms with van der Waals surface area (Å²) in [6, 6.07) is 27.6. The first-order valence-corrected chi connectivity index (χ1v) is 18.6. The third-order valence-electron chi connectivity index (χ3n) is 10.5. The Hall–Kier alpha value is -5.78. The van der Waals surface area contributed by atoms with Crippen LogP contribution < -0.4 is 15.5 Å². The number of carbonyl (C=O) groups is 3. The van der Waals surface area contributed by atoms with Crippen LogP contribution in [0.1, 0.15) is 52.2 Å². The number of hydrogen-bond acceptors (Lipinski definition) is 5. The predicted molar refractivity (Wildman–Crippen MR) is 212 cm³/mol. The van der Waals surface area contributed by atoms with Crippen LogP contribution in [0.25, 0.3) is 33.4 Å². The van der Waals surface area contributed by atoms with Gasteiger partial charge in [-0.1, -0.05) is 71.7 Å². The maximum atomic E-state index is 14.8. The second-order valence-electron chi connectivity index (χ2n) is 13.6. The Kier molecular flexibility index (Phi) is 9.51. The summed E-state index contributed by atoms with van der Waals surface area (Å²) in [4.78, 5) is 51.6. The lowest BCUT2D eigenvalue weighted by molar-refractivity contribution is 0.0696. The first-order valence-electron chi connectivity index (χ1n) is 17.8. The zero-order chi connectivity index (χ0) is 37.5. The van der Waals surface area contributed by atoms with Crippen LogP contribution in [-0.2, 0) is 0 Å². The van der Waals surface area contributed by atoms with Gasteiger partial charge in [-0.05, 0) is 67.8 Å². The number of carboxylic acids is 1. The van der Waals surface area contributed by atoms with E-state index in [-0.39, 0.29) is 29.4 Å². The van der Waals surface area contributed by atoms with Gasteiger partial charge in [0.15, 0.2) is 0 Å². The molecule has 0 radical (unpaired) electrons. The van der Waals surface area contributed by atoms with Crippen molar-refractivity contribution in [1.29, 1.82) is 0 Å². The number of nitrogens with zero attached hydrogens (tertiary/aromatic N) is 4. The molecule has 0 bridgehead atoms. The minimum atomic E-state index is -1.11. The van der Waals surface area contributed by atoms with Crippen LogP contribution in [0.2, 0.25) is 10.0 Å². The molecular formula is C41H37Cl2N7O4. The van der Waals surface area contributed by atoms with E-state index < -0.39 is 11.9 Å². The van der Waals surface area contributed by atoms with Crippen LogP contribution in [0.15, 0.2) is 97.3 Å². The number of amides is 3. The molecule has 0 aliphatic carbocycles. The predicted octanol–water partition coefficient (Wildman–Crippen LogP) is 8.56. The van der Waals surface area contributed by atoms with Gasteiger partial charge in [0.25, 0.3) is 5.91 Å². The fourth-order valence-electron chi connectivity index (χ4n) is 7.68. The number of halogens is 2. The topological polar surface area (TPSA) is 136 Å². The zero-order valence-electron chi connectivity index (χ0n) is 29.4. The first-order chi connectivity index (χ1) is 26.2. The molecule has 2 aromatic heterocycles. The SMILES string of the molecule is CC(c1ccc(Cl)cc1)n1cnc(-c2ccccc2)c1-c1c(C(=O)Nc2cc(C(=O)O)ccc2N2CCC(N3CCNC3=O)CC2)[nH]c2cc(Cl)ccc12. The van der Waals surface area contributed by atoms with Crippen LogP contribution >= 0.6 is 23.2 Å². The van der Waals surface area contributed by atoms with Crippen LogP contribution in [0, 0.1) is 0 Å². The van der Waals surface area contributed by atoms with Crippen molar-refractivity contribution < 1.29 is 19.5 Å². The van der Waals surface area contributed by atoms with Crippen molar-refractivity contribution in [2.75, 3.05) is 36.4 Å². The lowest BCUT2D eigenvalue weighted by Gasteiger charge is -2.38. The van der Waals surface area contributed by atoms with E-state index in [4.69, 9.17) is 28.2 Å². The van der Waals surface area contributed by atoms with Gasteiger partial charge in [0.2, 0.25) is 0 Å². The second-order valence-corrected chi connectivity index (χ2v) is 14.5. The highest BCUT2D eigenvalue weighted by molar-refractivity contribution is 6.31. The average Bonchev–Trinajstić information content (AvgIpc) is 3.91. The number of anilines is 2. The van der Waals surface area contributed by atoms with Crippen LogP contribution in [0.4, 0.5) is 16.2 Å². The number of benzene rings is 4. The van der Waals surface area contributed by atoms with Crippen molar-refractivity contribution in [1.82, 2.24) is 24.8 Å². The number of rotatable bonds is 9. The summed E-state index contributed by atoms with van der Waals surface area (Å²) in [5.41, 5.74) is 5.92. The Morgan fingerprint density at radius 3 is 2.37 bits per heavy atom. The van der Waals surface area contributed by atoms with Gasteiger partial charge in [-0.2, -0.15) is 0 Å². The number of carbonyl (C=O) groups excluding carboxylic acids is 2. The summed E-state index contributed by atoms with van der Waals surface area (Å²) in [5.74, 6) is -1.57. The van der Waals surface area contributed by atoms with Crippen molar-refractivity contribution in [2.45, 2.75) is 31.8 Å². The minimum Gasteiger partial charge on any atom is -0.478 e. The van der Waals surface area contributed by atoms with Crippen molar-refractivity contribution in [3.8, 4) is 22.5 Å². The van der Waals surface area contributed by atoms with E-state index >= 15 is 0 Å². The molecule has 4 heterocycles. The maximum Gasteiger partial charge on any atom is 0.335 e. The Bertz CT molecular complexity index is 2380. The molecule has 0 spiro atoms. The lowest BCUT2D eigenvalue weighted by Crippen LogP contribution is -2.46. The number of aromatic nitrogens is 3. The number of aromatic amines is 1. The van der Waals surface area contributed by atoms with E-state index in [0.29, 0.717) is 64.4 Å². The molecule has 1 unspecified atom stereocenters. The third kappa shape index (κ3) is 6.65. The fourth-order valence-corrected chi connectivity index (χ4v) is 7.98. The smallest absolute Gasteiger partial charge is 0.335 e. The Labute approximate surface area is 321 Å². The normalized spacial score (nSPS) is 15.4. The van der Waals surface area contributed by atoms with Gasteiger partial charge in [0.1, 0.15) is 5.69 Å². The number of nitrogens with one attached hydrogen (secondary N) is 3. The zero-order valence-corrected chi connectivity index (χ0v) is 30.9. The van der Waals surface area contributed by atoms with E-state index in [2.05, 4.69) is 32.0 Å². The van der Waals surface area contributed by atoms with Crippen LogP contribution in [0.5, 0.6) is 0 Å². The number of hydrogen-bond donors (Lipinski definition) is 4. The Balaban J connectivity index is 1.22. The molecule has 6 aromatic rings. The lowest BCUT2D eigenvalue weighted by atomic mass is 9.99. The molecule has 2 saturated heterocycles. The average molecular weight is 763 g/mol. The second kappa shape index (κ2) is 14.6. The number of aromatic carboxylic acids is 1. The van der Waals surface area contributed by atoms with Crippen molar-refractivity contribution >= 4 is 63.4 Å². The number of piperidine rings is 1. The van der Waals surface area contributed by atoms with Gasteiger partial charge >= 0.3 is 12.0 Å². The molecule has 4 aromatic carbocycles. The molecule has 2 aliphatic heterocycles. The molecule has 0 saturated carbocycles. The van der Waals surface area contributed by atoms with Gasteiger partial charge in [-0.3, -0.25) is 4.79 Å². The molecule has 54 heavy (non-hydrogen) atoms. The third-order valence-corrected chi connectivity index (χ3v) is 10.9. The number of fused-ring (bicyclic) bond motifs is 1. The van der Waals surface area contributed by atoms with Gasteiger partial charge in [-0.15, -0.1) is 0 Å². The van der Waals surface area contributed by atoms with Crippen LogP contribution in [-0.4, -0.2) is 74.7 Å².